The van der Waals surface area contributed by atoms with Gasteiger partial charge in [0.05, 0.1) is 30.7 Å². The van der Waals surface area contributed by atoms with Gasteiger partial charge in [0, 0.05) is 44.8 Å². The average molecular weight is 632 g/mol. The average Bonchev–Trinajstić information content (AvgIpc) is 3.50. The SMILES string of the molecule is CC(C)CN(C[C@H](OC(=O)N1CCN(C)CC1)[C@@H](Cc1ccccc1)NC(=O)O[C@H]1CCOC1)S(=O)(=O)c1ccc(N)cc1. The van der Waals surface area contributed by atoms with Gasteiger partial charge in [-0.15, -0.1) is 0 Å². The van der Waals surface area contributed by atoms with Crippen molar-refractivity contribution in [2.75, 3.05) is 65.3 Å². The van der Waals surface area contributed by atoms with Gasteiger partial charge in [-0.05, 0) is 49.2 Å². The molecule has 3 N–H and O–H groups in total. The summed E-state index contributed by atoms with van der Waals surface area (Å²) in [6, 6.07) is 14.6. The second-order valence-corrected chi connectivity index (χ2v) is 13.8. The van der Waals surface area contributed by atoms with Crippen LogP contribution in [-0.4, -0.2) is 112 Å². The molecule has 0 radical (unpaired) electrons. The number of nitrogen functional groups attached to an aromatic ring is 1. The molecule has 0 aliphatic carbocycles. The minimum atomic E-state index is -4.02. The Balaban J connectivity index is 1.67. The first-order chi connectivity index (χ1) is 21.0. The first kappa shape index (κ1) is 33.5. The third kappa shape index (κ3) is 9.55. The van der Waals surface area contributed by atoms with E-state index < -0.39 is 34.4 Å². The standard InChI is InChI=1S/C31H45N5O7S/c1-23(2)20-36(44(39,40)27-11-9-25(32)10-12-27)21-29(43-31(38)35-16-14-34(3)15-17-35)28(19-24-7-5-4-6-8-24)33-30(37)42-26-13-18-41-22-26/h4-12,23,26,28-29H,13-22,32H2,1-3H3,(H,33,37)/t26-,28+,29-/m0/s1. The maximum atomic E-state index is 14.0. The molecule has 0 aromatic heterocycles. The van der Waals surface area contributed by atoms with Crippen molar-refractivity contribution in [3.63, 3.8) is 0 Å². The van der Waals surface area contributed by atoms with E-state index in [1.807, 2.05) is 51.2 Å². The van der Waals surface area contributed by atoms with E-state index in [2.05, 4.69) is 10.2 Å². The van der Waals surface area contributed by atoms with Crippen LogP contribution in [0.4, 0.5) is 15.3 Å². The molecule has 0 saturated carbocycles. The Morgan fingerprint density at radius 1 is 1.05 bits per heavy atom. The van der Waals surface area contributed by atoms with Crippen molar-refractivity contribution in [2.24, 2.45) is 5.92 Å². The molecule has 2 aliphatic heterocycles. The Kier molecular flexibility index (Phi) is 11.8. The molecule has 44 heavy (non-hydrogen) atoms. The highest BCUT2D eigenvalue weighted by molar-refractivity contribution is 7.89. The summed E-state index contributed by atoms with van der Waals surface area (Å²) in [5, 5.41) is 2.91. The van der Waals surface area contributed by atoms with Crippen LogP contribution < -0.4 is 11.1 Å². The fraction of sp³-hybridized carbons (Fsp3) is 0.548. The highest BCUT2D eigenvalue weighted by Gasteiger charge is 2.36. The molecule has 242 valence electrons. The van der Waals surface area contributed by atoms with Crippen LogP contribution in [0.3, 0.4) is 0 Å². The van der Waals surface area contributed by atoms with Gasteiger partial charge in [0.2, 0.25) is 10.0 Å². The third-order valence-electron chi connectivity index (χ3n) is 7.70. The Morgan fingerprint density at radius 2 is 1.73 bits per heavy atom. The molecular weight excluding hydrogens is 586 g/mol. The van der Waals surface area contributed by atoms with Gasteiger partial charge in [-0.2, -0.15) is 4.31 Å². The second-order valence-electron chi connectivity index (χ2n) is 11.8. The maximum absolute atomic E-state index is 14.0. The summed E-state index contributed by atoms with van der Waals surface area (Å²) in [5.41, 5.74) is 7.14. The number of nitrogens with one attached hydrogen (secondary N) is 1. The van der Waals surface area contributed by atoms with E-state index in [0.29, 0.717) is 51.5 Å². The van der Waals surface area contributed by atoms with Crippen molar-refractivity contribution in [3.8, 4) is 0 Å². The van der Waals surface area contributed by atoms with E-state index in [1.165, 1.54) is 28.6 Å². The Labute approximate surface area is 260 Å². The predicted molar refractivity (Wildman–Crippen MR) is 167 cm³/mol. The number of alkyl carbamates (subject to hydrolysis) is 1. The largest absolute Gasteiger partial charge is 0.444 e. The zero-order valence-electron chi connectivity index (χ0n) is 25.8. The quantitative estimate of drug-likeness (QED) is 0.338. The predicted octanol–water partition coefficient (Wildman–Crippen LogP) is 2.79. The summed E-state index contributed by atoms with van der Waals surface area (Å²) in [4.78, 5) is 30.5. The van der Waals surface area contributed by atoms with Gasteiger partial charge in [-0.1, -0.05) is 44.2 Å². The van der Waals surface area contributed by atoms with E-state index >= 15 is 0 Å². The zero-order valence-corrected chi connectivity index (χ0v) is 26.6. The van der Waals surface area contributed by atoms with Gasteiger partial charge in [0.25, 0.3) is 0 Å². The summed E-state index contributed by atoms with van der Waals surface area (Å²) in [5.74, 6) is -0.0413. The lowest BCUT2D eigenvalue weighted by Gasteiger charge is -2.36. The topological polar surface area (TPSA) is 144 Å². The summed E-state index contributed by atoms with van der Waals surface area (Å²) >= 11 is 0. The molecule has 2 aliphatic rings. The summed E-state index contributed by atoms with van der Waals surface area (Å²) in [6.07, 6.45) is -1.82. The van der Waals surface area contributed by atoms with Crippen LogP contribution in [0.15, 0.2) is 59.5 Å². The van der Waals surface area contributed by atoms with Crippen molar-refractivity contribution < 1.29 is 32.2 Å². The van der Waals surface area contributed by atoms with Gasteiger partial charge in [-0.25, -0.2) is 18.0 Å². The molecule has 2 aromatic rings. The van der Waals surface area contributed by atoms with Crippen molar-refractivity contribution in [1.29, 1.82) is 0 Å². The minimum absolute atomic E-state index is 0.0413. The molecule has 4 rings (SSSR count). The van der Waals surface area contributed by atoms with Crippen LogP contribution in [0.1, 0.15) is 25.8 Å². The van der Waals surface area contributed by atoms with Crippen LogP contribution in [0.5, 0.6) is 0 Å². The van der Waals surface area contributed by atoms with Crippen LogP contribution in [0.25, 0.3) is 0 Å². The lowest BCUT2D eigenvalue weighted by molar-refractivity contribution is 0.0219. The fourth-order valence-corrected chi connectivity index (χ4v) is 6.81. The number of amides is 2. The van der Waals surface area contributed by atoms with Crippen LogP contribution >= 0.6 is 0 Å². The van der Waals surface area contributed by atoms with Gasteiger partial charge in [-0.3, -0.25) is 0 Å². The Bertz CT molecular complexity index is 1310. The molecule has 3 atom stereocenters. The molecule has 0 bridgehead atoms. The van der Waals surface area contributed by atoms with Crippen LogP contribution in [0, 0.1) is 5.92 Å². The molecule has 12 nitrogen and oxygen atoms in total. The fourth-order valence-electron chi connectivity index (χ4n) is 5.19. The Morgan fingerprint density at radius 3 is 2.34 bits per heavy atom. The van der Waals surface area contributed by atoms with Gasteiger partial charge in [0.1, 0.15) is 12.2 Å². The number of likely N-dealkylation sites (N-methyl/N-ethyl adjacent to an activating group) is 1. The van der Waals surface area contributed by atoms with Gasteiger partial charge >= 0.3 is 12.2 Å². The lowest BCUT2D eigenvalue weighted by Crippen LogP contribution is -2.55. The Hall–Kier alpha value is -3.39. The number of piperazine rings is 1. The summed E-state index contributed by atoms with van der Waals surface area (Å²) < 4.78 is 46.4. The van der Waals surface area contributed by atoms with Crippen LogP contribution in [0.2, 0.25) is 0 Å². The zero-order chi connectivity index (χ0) is 31.7. The first-order valence-electron chi connectivity index (χ1n) is 15.1. The molecular formula is C31H45N5O7S. The molecule has 0 spiro atoms. The molecule has 13 heteroatoms. The summed E-state index contributed by atoms with van der Waals surface area (Å²) in [7, 11) is -2.04. The highest BCUT2D eigenvalue weighted by atomic mass is 32.2. The maximum Gasteiger partial charge on any atom is 0.410 e. The molecule has 2 aromatic carbocycles. The smallest absolute Gasteiger partial charge is 0.410 e. The number of benzene rings is 2. The molecule has 0 unspecified atom stereocenters. The number of nitrogens with zero attached hydrogens (tertiary/aromatic N) is 3. The monoisotopic (exact) mass is 631 g/mol. The van der Waals surface area contributed by atoms with E-state index in [-0.39, 0.29) is 36.4 Å². The lowest BCUT2D eigenvalue weighted by atomic mass is 10.0. The van der Waals surface area contributed by atoms with Crippen molar-refractivity contribution in [1.82, 2.24) is 19.4 Å². The van der Waals surface area contributed by atoms with E-state index in [4.69, 9.17) is 19.9 Å². The van der Waals surface area contributed by atoms with Crippen molar-refractivity contribution >= 4 is 27.9 Å². The number of carbonyl (C=O) groups is 2. The molecule has 2 fully saturated rings. The molecule has 2 heterocycles. The van der Waals surface area contributed by atoms with E-state index in [9.17, 15) is 18.0 Å². The van der Waals surface area contributed by atoms with E-state index in [0.717, 1.165) is 5.56 Å². The van der Waals surface area contributed by atoms with E-state index in [1.54, 1.807) is 4.90 Å². The number of sulfonamides is 1. The number of rotatable bonds is 12. The number of carbonyl (C=O) groups excluding carboxylic acids is 2. The summed E-state index contributed by atoms with van der Waals surface area (Å²) in [6.45, 7) is 6.94. The number of ether oxygens (including phenoxy) is 3. The van der Waals surface area contributed by atoms with Gasteiger partial charge in [0.15, 0.2) is 0 Å². The van der Waals surface area contributed by atoms with Gasteiger partial charge < -0.3 is 35.1 Å². The number of anilines is 1. The molecule has 2 saturated heterocycles. The number of hydrogen-bond acceptors (Lipinski definition) is 9. The minimum Gasteiger partial charge on any atom is -0.444 e. The first-order valence-corrected chi connectivity index (χ1v) is 16.5. The van der Waals surface area contributed by atoms with Crippen LogP contribution in [-0.2, 0) is 30.7 Å². The second kappa shape index (κ2) is 15.6. The third-order valence-corrected chi connectivity index (χ3v) is 9.54. The van der Waals surface area contributed by atoms with Crippen molar-refractivity contribution in [2.45, 2.75) is 49.8 Å². The normalized spacial score (nSPS) is 19.1. The number of nitrogens with two attached hydrogens (primary N) is 1. The number of hydrogen-bond donors (Lipinski definition) is 2. The molecule has 2 amide bonds. The van der Waals surface area contributed by atoms with Crippen molar-refractivity contribution in [3.05, 3.63) is 60.2 Å². The highest BCUT2D eigenvalue weighted by Crippen LogP contribution is 2.22.